The van der Waals surface area contributed by atoms with Gasteiger partial charge >= 0.3 is 0 Å². The Labute approximate surface area is 117 Å². The average Bonchev–Trinajstić information content (AvgIpc) is 3.09. The third kappa shape index (κ3) is 1.81. The van der Waals surface area contributed by atoms with Gasteiger partial charge in [0.1, 0.15) is 5.82 Å². The van der Waals surface area contributed by atoms with Gasteiger partial charge in [0.05, 0.1) is 29.1 Å². The van der Waals surface area contributed by atoms with Crippen molar-refractivity contribution in [3.05, 3.63) is 40.4 Å². The van der Waals surface area contributed by atoms with Gasteiger partial charge in [-0.25, -0.2) is 9.66 Å². The van der Waals surface area contributed by atoms with Gasteiger partial charge in [-0.05, 0) is 26.0 Å². The highest BCUT2D eigenvalue weighted by Gasteiger charge is 2.49. The standard InChI is InChI=1S/C15H19N3O2/c1-4-13-16-12-8-6-5-7-11(12)15(20)18(13)17-9(2)14(17)10(3)19/h5-10,14,19H,4H2,1-3H3/t9-,10-,14+,17?/m1/s1. The zero-order valence-corrected chi connectivity index (χ0v) is 11.9. The molecule has 0 spiro atoms. The molecule has 3 rings (SSSR count). The first-order chi connectivity index (χ1) is 9.56. The van der Waals surface area contributed by atoms with E-state index in [1.165, 1.54) is 0 Å². The zero-order valence-electron chi connectivity index (χ0n) is 11.9. The number of aliphatic hydroxyl groups excluding tert-OH is 1. The number of rotatable bonds is 3. The van der Waals surface area contributed by atoms with Crippen molar-refractivity contribution in [2.75, 3.05) is 5.01 Å². The minimum Gasteiger partial charge on any atom is -0.391 e. The van der Waals surface area contributed by atoms with Gasteiger partial charge in [0.15, 0.2) is 0 Å². The highest BCUT2D eigenvalue weighted by atomic mass is 16.3. The fourth-order valence-electron chi connectivity index (χ4n) is 2.93. The maximum Gasteiger partial charge on any atom is 0.280 e. The van der Waals surface area contributed by atoms with Crippen molar-refractivity contribution in [1.82, 2.24) is 9.66 Å². The number of aromatic nitrogens is 2. The van der Waals surface area contributed by atoms with Gasteiger partial charge in [-0.3, -0.25) is 9.80 Å². The second-order valence-electron chi connectivity index (χ2n) is 5.37. The molecule has 1 N–H and O–H groups in total. The van der Waals surface area contributed by atoms with Gasteiger partial charge in [-0.15, -0.1) is 0 Å². The summed E-state index contributed by atoms with van der Waals surface area (Å²) in [7, 11) is 0. The molecule has 0 aliphatic carbocycles. The normalized spacial score (nSPS) is 23.1. The Morgan fingerprint density at radius 2 is 2.10 bits per heavy atom. The van der Waals surface area contributed by atoms with E-state index < -0.39 is 6.10 Å². The Kier molecular flexibility index (Phi) is 3.01. The molecule has 1 fully saturated rings. The van der Waals surface area contributed by atoms with E-state index in [9.17, 15) is 9.90 Å². The molecular weight excluding hydrogens is 254 g/mol. The predicted molar refractivity (Wildman–Crippen MR) is 78.5 cm³/mol. The maximum atomic E-state index is 12.7. The fraction of sp³-hybridized carbons (Fsp3) is 0.467. The van der Waals surface area contributed by atoms with Crippen LogP contribution in [0.5, 0.6) is 0 Å². The van der Waals surface area contributed by atoms with Gasteiger partial charge in [-0.2, -0.15) is 0 Å². The Morgan fingerprint density at radius 3 is 2.70 bits per heavy atom. The van der Waals surface area contributed by atoms with Gasteiger partial charge in [0, 0.05) is 6.42 Å². The van der Waals surface area contributed by atoms with E-state index in [-0.39, 0.29) is 17.6 Å². The predicted octanol–water partition coefficient (Wildman–Crippen LogP) is 1.05. The zero-order chi connectivity index (χ0) is 14.4. The van der Waals surface area contributed by atoms with E-state index in [2.05, 4.69) is 4.98 Å². The lowest BCUT2D eigenvalue weighted by molar-refractivity contribution is 0.191. The van der Waals surface area contributed by atoms with Crippen molar-refractivity contribution >= 4 is 10.9 Å². The third-order valence-corrected chi connectivity index (χ3v) is 3.99. The molecule has 1 aliphatic heterocycles. The Morgan fingerprint density at radius 1 is 1.40 bits per heavy atom. The summed E-state index contributed by atoms with van der Waals surface area (Å²) < 4.78 is 1.64. The molecule has 20 heavy (non-hydrogen) atoms. The largest absolute Gasteiger partial charge is 0.391 e. The van der Waals surface area contributed by atoms with Crippen LogP contribution in [0, 0.1) is 0 Å². The molecule has 5 nitrogen and oxygen atoms in total. The van der Waals surface area contributed by atoms with Crippen molar-refractivity contribution in [2.24, 2.45) is 0 Å². The number of aliphatic hydroxyl groups is 1. The summed E-state index contributed by atoms with van der Waals surface area (Å²) in [5.74, 6) is 0.740. The topological polar surface area (TPSA) is 58.1 Å². The molecule has 1 aliphatic rings. The van der Waals surface area contributed by atoms with Crippen LogP contribution in [0.1, 0.15) is 26.6 Å². The molecule has 2 heterocycles. The molecule has 0 amide bonds. The second kappa shape index (κ2) is 4.59. The molecule has 1 aromatic heterocycles. The number of hydrogen-bond acceptors (Lipinski definition) is 4. The first-order valence-electron chi connectivity index (χ1n) is 7.03. The summed E-state index contributed by atoms with van der Waals surface area (Å²) in [4.78, 5) is 17.3. The summed E-state index contributed by atoms with van der Waals surface area (Å²) in [6, 6.07) is 7.53. The first kappa shape index (κ1) is 13.1. The number of hydrogen-bond donors (Lipinski definition) is 1. The lowest BCUT2D eigenvalue weighted by Gasteiger charge is -2.16. The SMILES string of the molecule is CCc1nc2ccccc2c(=O)n1N1[C@H]([C@@H](C)O)[C@H]1C. The monoisotopic (exact) mass is 273 g/mol. The quantitative estimate of drug-likeness (QED) is 0.849. The van der Waals surface area contributed by atoms with Crippen molar-refractivity contribution in [1.29, 1.82) is 0 Å². The minimum absolute atomic E-state index is 0.0130. The van der Waals surface area contributed by atoms with Crippen molar-refractivity contribution in [3.8, 4) is 0 Å². The van der Waals surface area contributed by atoms with Gasteiger partial charge in [0.2, 0.25) is 0 Å². The molecule has 1 aromatic carbocycles. The highest BCUT2D eigenvalue weighted by Crippen LogP contribution is 2.28. The maximum absolute atomic E-state index is 12.7. The van der Waals surface area contributed by atoms with Gasteiger partial charge in [-0.1, -0.05) is 19.1 Å². The van der Waals surface area contributed by atoms with E-state index >= 15 is 0 Å². The van der Waals surface area contributed by atoms with Crippen LogP contribution in [0.4, 0.5) is 0 Å². The van der Waals surface area contributed by atoms with E-state index in [0.717, 1.165) is 11.3 Å². The Hall–Kier alpha value is -1.88. The van der Waals surface area contributed by atoms with Crippen LogP contribution in [-0.2, 0) is 6.42 Å². The van der Waals surface area contributed by atoms with Crippen LogP contribution in [-0.4, -0.2) is 33.0 Å². The van der Waals surface area contributed by atoms with Crippen LogP contribution in [0.2, 0.25) is 0 Å². The summed E-state index contributed by atoms with van der Waals surface area (Å²) in [5.41, 5.74) is 0.677. The highest BCUT2D eigenvalue weighted by molar-refractivity contribution is 5.77. The van der Waals surface area contributed by atoms with Crippen molar-refractivity contribution in [2.45, 2.75) is 45.4 Å². The van der Waals surface area contributed by atoms with Gasteiger partial charge < -0.3 is 5.11 Å². The van der Waals surface area contributed by atoms with Crippen LogP contribution >= 0.6 is 0 Å². The number of aryl methyl sites for hydroxylation is 1. The summed E-state index contributed by atoms with van der Waals surface area (Å²) >= 11 is 0. The number of para-hydroxylation sites is 1. The van der Waals surface area contributed by atoms with Crippen molar-refractivity contribution < 1.29 is 5.11 Å². The average molecular weight is 273 g/mol. The Bertz CT molecular complexity index is 708. The van der Waals surface area contributed by atoms with E-state index in [1.54, 1.807) is 17.7 Å². The lowest BCUT2D eigenvalue weighted by Crippen LogP contribution is -2.36. The second-order valence-corrected chi connectivity index (χ2v) is 5.37. The lowest BCUT2D eigenvalue weighted by atomic mass is 10.2. The van der Waals surface area contributed by atoms with Crippen molar-refractivity contribution in [3.63, 3.8) is 0 Å². The molecule has 0 saturated carbocycles. The molecule has 0 bridgehead atoms. The summed E-state index contributed by atoms with van der Waals surface area (Å²) in [6.07, 6.45) is 0.212. The number of benzene rings is 1. The third-order valence-electron chi connectivity index (χ3n) is 3.99. The first-order valence-corrected chi connectivity index (χ1v) is 7.03. The molecule has 0 radical (unpaired) electrons. The fourth-order valence-corrected chi connectivity index (χ4v) is 2.93. The Balaban J connectivity index is 2.20. The molecule has 106 valence electrons. The summed E-state index contributed by atoms with van der Waals surface area (Å²) in [6.45, 7) is 5.75. The van der Waals surface area contributed by atoms with E-state index in [4.69, 9.17) is 0 Å². The van der Waals surface area contributed by atoms with Gasteiger partial charge in [0.25, 0.3) is 5.56 Å². The molecule has 5 heteroatoms. The minimum atomic E-state index is -0.465. The van der Waals surface area contributed by atoms with Crippen LogP contribution < -0.4 is 10.6 Å². The van der Waals surface area contributed by atoms with E-state index in [1.807, 2.05) is 37.1 Å². The summed E-state index contributed by atoms with van der Waals surface area (Å²) in [5, 5.41) is 12.3. The smallest absolute Gasteiger partial charge is 0.280 e. The number of nitrogens with zero attached hydrogens (tertiary/aromatic N) is 3. The van der Waals surface area contributed by atoms with Crippen LogP contribution in [0.15, 0.2) is 29.1 Å². The number of fused-ring (bicyclic) bond motifs is 1. The molecule has 2 aromatic rings. The molecule has 3 atom stereocenters. The van der Waals surface area contributed by atoms with E-state index in [0.29, 0.717) is 11.8 Å². The molecule has 1 saturated heterocycles. The molecular formula is C15H19N3O2. The molecule has 0 unspecified atom stereocenters. The van der Waals surface area contributed by atoms with Crippen LogP contribution in [0.25, 0.3) is 10.9 Å². The van der Waals surface area contributed by atoms with Crippen LogP contribution in [0.3, 0.4) is 0 Å².